The minimum atomic E-state index is -4.47. The van der Waals surface area contributed by atoms with E-state index in [-0.39, 0.29) is 41.0 Å². The first-order valence-electron chi connectivity index (χ1n) is 10.7. The van der Waals surface area contributed by atoms with Gasteiger partial charge in [0, 0.05) is 24.3 Å². The molecule has 2 rings (SSSR count). The van der Waals surface area contributed by atoms with Gasteiger partial charge < -0.3 is 25.6 Å². The third-order valence-corrected chi connectivity index (χ3v) is 5.44. The Morgan fingerprint density at radius 3 is 2.59 bits per heavy atom. The minimum Gasteiger partial charge on any atom is -0.481 e. The van der Waals surface area contributed by atoms with Crippen molar-refractivity contribution in [2.24, 2.45) is 16.8 Å². The Kier molecular flexibility index (Phi) is 9.97. The van der Waals surface area contributed by atoms with Crippen molar-refractivity contribution < 1.29 is 28.1 Å². The average Bonchev–Trinajstić information content (AvgIpc) is 2.75. The summed E-state index contributed by atoms with van der Waals surface area (Å²) in [5.41, 5.74) is 0.968. The molecule has 4 N–H and O–H groups in total. The first kappa shape index (κ1) is 27.7. The van der Waals surface area contributed by atoms with Crippen molar-refractivity contribution in [1.82, 2.24) is 9.97 Å². The van der Waals surface area contributed by atoms with Crippen LogP contribution in [0.5, 0.6) is 0 Å². The number of anilines is 2. The largest absolute Gasteiger partial charge is 0.481 e. The van der Waals surface area contributed by atoms with Crippen LogP contribution in [0.1, 0.15) is 39.2 Å². The van der Waals surface area contributed by atoms with Crippen LogP contribution in [0.4, 0.5) is 24.9 Å². The standard InChI is InChI=1S/C22H29ClF3N5O3/c1-12(9-16(10-32)14(3)33)28-20-17(7-5-15-6-8-18(34-4)29-13(15)2)19(23)30-21(31-20)27-11-22(24,25)26/h8,12,14-16,32-33H,6,9-11H2,1-4H3,(H2,27,28,30,31)/t12-,14-,15?,16+/m0/s1. The second-order valence-electron chi connectivity index (χ2n) is 8.05. The summed E-state index contributed by atoms with van der Waals surface area (Å²) in [7, 11) is 1.53. The monoisotopic (exact) mass is 503 g/mol. The van der Waals surface area contributed by atoms with Crippen LogP contribution < -0.4 is 10.6 Å². The van der Waals surface area contributed by atoms with Crippen LogP contribution in [0.15, 0.2) is 17.0 Å². The maximum atomic E-state index is 12.6. The molecule has 8 nitrogen and oxygen atoms in total. The van der Waals surface area contributed by atoms with Crippen LogP contribution in [0.2, 0.25) is 5.15 Å². The van der Waals surface area contributed by atoms with Crippen LogP contribution in [0.25, 0.3) is 0 Å². The molecule has 0 aliphatic carbocycles. The smallest absolute Gasteiger partial charge is 0.405 e. The quantitative estimate of drug-likeness (QED) is 0.301. The van der Waals surface area contributed by atoms with Crippen LogP contribution in [-0.4, -0.2) is 64.5 Å². The second-order valence-corrected chi connectivity index (χ2v) is 8.41. The first-order chi connectivity index (χ1) is 15.9. The zero-order valence-corrected chi connectivity index (χ0v) is 20.1. The highest BCUT2D eigenvalue weighted by Gasteiger charge is 2.28. The second kappa shape index (κ2) is 12.2. The van der Waals surface area contributed by atoms with E-state index < -0.39 is 24.7 Å². The summed E-state index contributed by atoms with van der Waals surface area (Å²) in [5.74, 6) is 5.74. The zero-order chi connectivity index (χ0) is 25.5. The van der Waals surface area contributed by atoms with E-state index in [4.69, 9.17) is 16.3 Å². The normalized spacial score (nSPS) is 18.6. The maximum absolute atomic E-state index is 12.6. The van der Waals surface area contributed by atoms with E-state index in [1.165, 1.54) is 7.11 Å². The highest BCUT2D eigenvalue weighted by Crippen LogP contribution is 2.26. The molecule has 0 saturated carbocycles. The van der Waals surface area contributed by atoms with Crippen molar-refractivity contribution in [3.63, 3.8) is 0 Å². The highest BCUT2D eigenvalue weighted by molar-refractivity contribution is 6.31. The topological polar surface area (TPSA) is 112 Å². The predicted molar refractivity (Wildman–Crippen MR) is 125 cm³/mol. The fourth-order valence-corrected chi connectivity index (χ4v) is 3.43. The molecule has 0 saturated heterocycles. The van der Waals surface area contributed by atoms with Gasteiger partial charge in [0.2, 0.25) is 11.8 Å². The molecular formula is C22H29ClF3N5O3. The zero-order valence-electron chi connectivity index (χ0n) is 19.4. The van der Waals surface area contributed by atoms with Crippen molar-refractivity contribution in [2.45, 2.75) is 51.9 Å². The lowest BCUT2D eigenvalue weighted by atomic mass is 9.96. The third-order valence-electron chi connectivity index (χ3n) is 5.17. The van der Waals surface area contributed by atoms with Crippen LogP contribution >= 0.6 is 11.6 Å². The Hall–Kier alpha value is -2.55. The van der Waals surface area contributed by atoms with Gasteiger partial charge in [-0.05, 0) is 39.7 Å². The fourth-order valence-electron chi connectivity index (χ4n) is 3.22. The molecule has 0 bridgehead atoms. The van der Waals surface area contributed by atoms with E-state index in [9.17, 15) is 23.4 Å². The Bertz CT molecular complexity index is 973. The van der Waals surface area contributed by atoms with Gasteiger partial charge in [0.1, 0.15) is 17.9 Å². The molecule has 1 aliphatic heterocycles. The van der Waals surface area contributed by atoms with Gasteiger partial charge >= 0.3 is 6.18 Å². The van der Waals surface area contributed by atoms with Gasteiger partial charge in [0.25, 0.3) is 0 Å². The van der Waals surface area contributed by atoms with Crippen LogP contribution in [0, 0.1) is 23.7 Å². The maximum Gasteiger partial charge on any atom is 0.405 e. The predicted octanol–water partition coefficient (Wildman–Crippen LogP) is 3.60. The highest BCUT2D eigenvalue weighted by atomic mass is 35.5. The summed E-state index contributed by atoms with van der Waals surface area (Å²) in [4.78, 5) is 12.4. The van der Waals surface area contributed by atoms with Crippen LogP contribution in [0.3, 0.4) is 0 Å². The molecule has 188 valence electrons. The Morgan fingerprint density at radius 2 is 2.03 bits per heavy atom. The molecule has 0 aromatic carbocycles. The Labute approximate surface area is 201 Å². The molecule has 1 aromatic heterocycles. The van der Waals surface area contributed by atoms with E-state index in [2.05, 4.69) is 37.4 Å². The number of halogens is 4. The van der Waals surface area contributed by atoms with Gasteiger partial charge in [-0.15, -0.1) is 0 Å². The molecule has 1 aromatic rings. The summed E-state index contributed by atoms with van der Waals surface area (Å²) in [6.45, 7) is 3.62. The van der Waals surface area contributed by atoms with E-state index >= 15 is 0 Å². The van der Waals surface area contributed by atoms with E-state index in [0.29, 0.717) is 18.7 Å². The lowest BCUT2D eigenvalue weighted by Crippen LogP contribution is -2.29. The SMILES string of the molecule is COC1=CCC(C#Cc2c(Cl)nc(NCC(F)(F)F)nc2N[C@@H](C)C[C@H](CO)[C@H](C)O)C(C)=N1. The van der Waals surface area contributed by atoms with E-state index in [1.54, 1.807) is 19.9 Å². The lowest BCUT2D eigenvalue weighted by molar-refractivity contribution is -0.115. The molecule has 12 heteroatoms. The number of rotatable bonds is 9. The number of aliphatic hydroxyl groups is 2. The summed E-state index contributed by atoms with van der Waals surface area (Å²) in [6.07, 6.45) is -2.47. The minimum absolute atomic E-state index is 0.116. The number of aliphatic hydroxyl groups excluding tert-OH is 2. The van der Waals surface area contributed by atoms with Gasteiger partial charge in [0.05, 0.1) is 19.1 Å². The number of nitrogens with one attached hydrogen (secondary N) is 2. The molecular weight excluding hydrogens is 475 g/mol. The first-order valence-corrected chi connectivity index (χ1v) is 11.1. The molecule has 4 atom stereocenters. The summed E-state index contributed by atoms with van der Waals surface area (Å²) < 4.78 is 43.1. The van der Waals surface area contributed by atoms with E-state index in [0.717, 1.165) is 5.71 Å². The average molecular weight is 504 g/mol. The van der Waals surface area contributed by atoms with Crippen molar-refractivity contribution in [2.75, 3.05) is 30.9 Å². The summed E-state index contributed by atoms with van der Waals surface area (Å²) in [5, 5.41) is 24.4. The fraction of sp³-hybridized carbons (Fsp3) is 0.591. The summed E-state index contributed by atoms with van der Waals surface area (Å²) in [6, 6.07) is -0.320. The Morgan fingerprint density at radius 1 is 1.32 bits per heavy atom. The van der Waals surface area contributed by atoms with Gasteiger partial charge in [0.15, 0.2) is 5.15 Å². The number of aliphatic imine (C=N–C) groups is 1. The van der Waals surface area contributed by atoms with Gasteiger partial charge in [-0.1, -0.05) is 23.4 Å². The molecule has 2 heterocycles. The number of allylic oxidation sites excluding steroid dienone is 1. The number of methoxy groups -OCH3 is 1. The molecule has 1 unspecified atom stereocenters. The van der Waals surface area contributed by atoms with Crippen LogP contribution in [-0.2, 0) is 4.74 Å². The third kappa shape index (κ3) is 8.34. The number of hydrogen-bond donors (Lipinski definition) is 4. The number of aromatic nitrogens is 2. The van der Waals surface area contributed by atoms with Crippen molar-refractivity contribution >= 4 is 29.1 Å². The molecule has 34 heavy (non-hydrogen) atoms. The van der Waals surface area contributed by atoms with Crippen molar-refractivity contribution in [3.05, 3.63) is 22.7 Å². The van der Waals surface area contributed by atoms with Crippen molar-refractivity contribution in [3.8, 4) is 11.8 Å². The number of ether oxygens (including phenoxy) is 1. The van der Waals surface area contributed by atoms with Crippen molar-refractivity contribution in [1.29, 1.82) is 0 Å². The molecule has 1 aliphatic rings. The van der Waals surface area contributed by atoms with Gasteiger partial charge in [-0.25, -0.2) is 4.99 Å². The number of nitrogens with zero attached hydrogens (tertiary/aromatic N) is 3. The Balaban J connectivity index is 2.35. The lowest BCUT2D eigenvalue weighted by Gasteiger charge is -2.23. The molecule has 0 amide bonds. The molecule has 0 radical (unpaired) electrons. The van der Waals surface area contributed by atoms with Gasteiger partial charge in [-0.2, -0.15) is 23.1 Å². The number of hydrogen-bond acceptors (Lipinski definition) is 8. The molecule has 0 spiro atoms. The summed E-state index contributed by atoms with van der Waals surface area (Å²) >= 11 is 6.29. The van der Waals surface area contributed by atoms with E-state index in [1.807, 2.05) is 6.92 Å². The number of alkyl halides is 3. The molecule has 0 fully saturated rings. The van der Waals surface area contributed by atoms with Gasteiger partial charge in [-0.3, -0.25) is 0 Å².